The van der Waals surface area contributed by atoms with E-state index in [2.05, 4.69) is 17.2 Å². The Bertz CT molecular complexity index is 1030. The van der Waals surface area contributed by atoms with E-state index in [1.165, 1.54) is 6.07 Å². The van der Waals surface area contributed by atoms with Gasteiger partial charge < -0.3 is 15.2 Å². The number of anilines is 1. The van der Waals surface area contributed by atoms with Crippen LogP contribution in [0.25, 0.3) is 0 Å². The molecule has 2 atom stereocenters. The highest BCUT2D eigenvalue weighted by Crippen LogP contribution is 2.49. The minimum atomic E-state index is -0.706. The highest BCUT2D eigenvalue weighted by molar-refractivity contribution is 6.08. The van der Waals surface area contributed by atoms with Crippen molar-refractivity contribution in [2.24, 2.45) is 0 Å². The lowest BCUT2D eigenvalue weighted by Crippen LogP contribution is -2.49. The standard InChI is InChI=1S/C23H27N3O3/c1-4-7-18-23(16-8-5-6-9-17(16)24-22(23)29)12-13-26(18)21(28)15-10-11-19(27)25-20(15)14(2)3/h5-6,8-11,14,18H,4,7,12-13H2,1-3H3,(H,24,29)(H,25,27)/t18-,23-/m0/s1. The van der Waals surface area contributed by atoms with Crippen LogP contribution in [-0.4, -0.2) is 34.3 Å². The number of aromatic nitrogens is 1. The topological polar surface area (TPSA) is 82.3 Å². The Balaban J connectivity index is 1.78. The number of benzene rings is 1. The summed E-state index contributed by atoms with van der Waals surface area (Å²) in [6.45, 7) is 6.50. The zero-order valence-electron chi connectivity index (χ0n) is 17.1. The molecule has 2 aliphatic rings. The Kier molecular flexibility index (Phi) is 4.81. The Morgan fingerprint density at radius 2 is 1.97 bits per heavy atom. The van der Waals surface area contributed by atoms with Gasteiger partial charge in [0.2, 0.25) is 11.5 Å². The van der Waals surface area contributed by atoms with Crippen LogP contribution in [0.3, 0.4) is 0 Å². The highest BCUT2D eigenvalue weighted by Gasteiger charge is 2.58. The molecule has 29 heavy (non-hydrogen) atoms. The van der Waals surface area contributed by atoms with Crippen molar-refractivity contribution in [3.63, 3.8) is 0 Å². The number of nitrogens with one attached hydrogen (secondary N) is 2. The SMILES string of the molecule is CCC[C@@H]1N(C(=O)c2ccc(=O)[nH]c2C(C)C)CC[C@@]12C(=O)Nc1ccccc12. The van der Waals surface area contributed by atoms with Crippen LogP contribution in [0.15, 0.2) is 41.2 Å². The van der Waals surface area contributed by atoms with Gasteiger partial charge >= 0.3 is 0 Å². The fourth-order valence-electron chi connectivity index (χ4n) is 5.01. The highest BCUT2D eigenvalue weighted by atomic mass is 16.2. The summed E-state index contributed by atoms with van der Waals surface area (Å²) in [7, 11) is 0. The summed E-state index contributed by atoms with van der Waals surface area (Å²) in [6, 6.07) is 10.6. The molecule has 6 nitrogen and oxygen atoms in total. The van der Waals surface area contributed by atoms with Crippen LogP contribution in [0.4, 0.5) is 5.69 Å². The van der Waals surface area contributed by atoms with E-state index in [-0.39, 0.29) is 29.3 Å². The Labute approximate surface area is 170 Å². The first-order valence-electron chi connectivity index (χ1n) is 10.3. The molecule has 1 fully saturated rings. The van der Waals surface area contributed by atoms with Crippen molar-refractivity contribution in [2.75, 3.05) is 11.9 Å². The van der Waals surface area contributed by atoms with Crippen LogP contribution in [-0.2, 0) is 10.2 Å². The van der Waals surface area contributed by atoms with Gasteiger partial charge in [-0.25, -0.2) is 0 Å². The average Bonchev–Trinajstić information content (AvgIpc) is 3.21. The average molecular weight is 393 g/mol. The van der Waals surface area contributed by atoms with Gasteiger partial charge in [-0.2, -0.15) is 0 Å². The molecule has 1 spiro atoms. The first-order chi connectivity index (χ1) is 13.9. The van der Waals surface area contributed by atoms with E-state index in [9.17, 15) is 14.4 Å². The van der Waals surface area contributed by atoms with E-state index in [0.717, 1.165) is 24.1 Å². The summed E-state index contributed by atoms with van der Waals surface area (Å²) in [5.41, 5.74) is 2.09. The zero-order chi connectivity index (χ0) is 20.8. The predicted molar refractivity (Wildman–Crippen MR) is 112 cm³/mol. The van der Waals surface area contributed by atoms with Gasteiger partial charge in [-0.05, 0) is 36.5 Å². The van der Waals surface area contributed by atoms with E-state index in [1.807, 2.05) is 43.0 Å². The Morgan fingerprint density at radius 1 is 1.21 bits per heavy atom. The van der Waals surface area contributed by atoms with E-state index in [4.69, 9.17) is 0 Å². The molecule has 6 heteroatoms. The molecule has 2 N–H and O–H groups in total. The first-order valence-corrected chi connectivity index (χ1v) is 10.3. The molecule has 0 saturated carbocycles. The van der Waals surface area contributed by atoms with Crippen LogP contribution < -0.4 is 10.9 Å². The first kappa shape index (κ1) is 19.4. The van der Waals surface area contributed by atoms with Gasteiger partial charge in [-0.15, -0.1) is 0 Å². The lowest BCUT2D eigenvalue weighted by atomic mass is 9.73. The number of hydrogen-bond donors (Lipinski definition) is 2. The summed E-state index contributed by atoms with van der Waals surface area (Å²) in [5, 5.41) is 3.03. The molecule has 2 aliphatic heterocycles. The molecule has 3 heterocycles. The summed E-state index contributed by atoms with van der Waals surface area (Å²) in [6.07, 6.45) is 2.22. The molecule has 0 aliphatic carbocycles. The monoisotopic (exact) mass is 393 g/mol. The lowest BCUT2D eigenvalue weighted by molar-refractivity contribution is -0.121. The van der Waals surface area contributed by atoms with Crippen LogP contribution in [0.5, 0.6) is 0 Å². The minimum Gasteiger partial charge on any atom is -0.334 e. The van der Waals surface area contributed by atoms with Crippen molar-refractivity contribution in [3.05, 3.63) is 63.6 Å². The fraction of sp³-hybridized carbons (Fsp3) is 0.435. The van der Waals surface area contributed by atoms with Crippen molar-refractivity contribution in [1.29, 1.82) is 0 Å². The normalized spacial score (nSPS) is 23.0. The molecule has 4 rings (SSSR count). The van der Waals surface area contributed by atoms with Crippen molar-refractivity contribution in [1.82, 2.24) is 9.88 Å². The molecule has 152 valence electrons. The van der Waals surface area contributed by atoms with E-state index in [0.29, 0.717) is 24.2 Å². The lowest BCUT2D eigenvalue weighted by Gasteiger charge is -2.34. The van der Waals surface area contributed by atoms with Gasteiger partial charge in [0.25, 0.3) is 5.91 Å². The largest absolute Gasteiger partial charge is 0.334 e. The number of carbonyl (C=O) groups is 2. The van der Waals surface area contributed by atoms with E-state index < -0.39 is 5.41 Å². The maximum Gasteiger partial charge on any atom is 0.255 e. The molecular formula is C23H27N3O3. The van der Waals surface area contributed by atoms with Crippen LogP contribution in [0.1, 0.15) is 67.6 Å². The second kappa shape index (κ2) is 7.17. The molecule has 0 unspecified atom stereocenters. The van der Waals surface area contributed by atoms with Crippen LogP contribution >= 0.6 is 0 Å². The molecule has 2 aromatic rings. The van der Waals surface area contributed by atoms with Crippen molar-refractivity contribution >= 4 is 17.5 Å². The van der Waals surface area contributed by atoms with Gasteiger partial charge in [0.05, 0.1) is 17.0 Å². The summed E-state index contributed by atoms with van der Waals surface area (Å²) in [5.74, 6) is -0.116. The maximum atomic E-state index is 13.6. The van der Waals surface area contributed by atoms with Gasteiger partial charge in [-0.3, -0.25) is 14.4 Å². The molecule has 0 bridgehead atoms. The van der Waals surface area contributed by atoms with Crippen molar-refractivity contribution in [2.45, 2.75) is 57.4 Å². The zero-order valence-corrected chi connectivity index (χ0v) is 17.1. The fourth-order valence-corrected chi connectivity index (χ4v) is 5.01. The maximum absolute atomic E-state index is 13.6. The molecule has 1 aromatic carbocycles. The molecule has 2 amide bonds. The number of fused-ring (bicyclic) bond motifs is 2. The number of pyridine rings is 1. The summed E-state index contributed by atoms with van der Waals surface area (Å²) in [4.78, 5) is 43.3. The number of nitrogens with zero attached hydrogens (tertiary/aromatic N) is 1. The number of aromatic amines is 1. The van der Waals surface area contributed by atoms with Crippen molar-refractivity contribution in [3.8, 4) is 0 Å². The van der Waals surface area contributed by atoms with Crippen LogP contribution in [0.2, 0.25) is 0 Å². The third kappa shape index (κ3) is 2.89. The third-order valence-electron chi connectivity index (χ3n) is 6.33. The Morgan fingerprint density at radius 3 is 2.69 bits per heavy atom. The van der Waals surface area contributed by atoms with Crippen molar-refractivity contribution < 1.29 is 9.59 Å². The molecular weight excluding hydrogens is 366 g/mol. The quantitative estimate of drug-likeness (QED) is 0.835. The second-order valence-corrected chi connectivity index (χ2v) is 8.33. The van der Waals surface area contributed by atoms with E-state index in [1.54, 1.807) is 6.07 Å². The number of amides is 2. The smallest absolute Gasteiger partial charge is 0.255 e. The number of H-pyrrole nitrogens is 1. The molecule has 1 saturated heterocycles. The predicted octanol–water partition coefficient (Wildman–Crippen LogP) is 3.40. The third-order valence-corrected chi connectivity index (χ3v) is 6.33. The number of likely N-dealkylation sites (tertiary alicyclic amines) is 1. The number of para-hydroxylation sites is 1. The summed E-state index contributed by atoms with van der Waals surface area (Å²) >= 11 is 0. The number of rotatable bonds is 4. The Hall–Kier alpha value is -2.89. The molecule has 0 radical (unpaired) electrons. The van der Waals surface area contributed by atoms with Gasteiger partial charge in [0, 0.05) is 24.0 Å². The summed E-state index contributed by atoms with van der Waals surface area (Å²) < 4.78 is 0. The second-order valence-electron chi connectivity index (χ2n) is 8.33. The number of hydrogen-bond acceptors (Lipinski definition) is 3. The van der Waals surface area contributed by atoms with Gasteiger partial charge in [0.15, 0.2) is 0 Å². The van der Waals surface area contributed by atoms with Gasteiger partial charge in [0.1, 0.15) is 0 Å². The van der Waals surface area contributed by atoms with E-state index >= 15 is 0 Å². The number of carbonyl (C=O) groups excluding carboxylic acids is 2. The van der Waals surface area contributed by atoms with Crippen LogP contribution in [0, 0.1) is 0 Å². The molecule has 1 aromatic heterocycles. The minimum absolute atomic E-state index is 0.0135. The van der Waals surface area contributed by atoms with Gasteiger partial charge in [-0.1, -0.05) is 45.4 Å².